The third kappa shape index (κ3) is 3.69. The number of hydrogen-bond donors (Lipinski definition) is 0. The van der Waals surface area contributed by atoms with Gasteiger partial charge in [0.1, 0.15) is 0 Å². The molecule has 4 nitrogen and oxygen atoms in total. The van der Waals surface area contributed by atoms with Crippen LogP contribution in [0.4, 0.5) is 0 Å². The van der Waals surface area contributed by atoms with Gasteiger partial charge in [-0.3, -0.25) is 14.5 Å². The monoisotopic (exact) mass is 438 g/mol. The van der Waals surface area contributed by atoms with Crippen LogP contribution < -0.4 is 0 Å². The summed E-state index contributed by atoms with van der Waals surface area (Å²) >= 11 is 1.57. The van der Waals surface area contributed by atoms with Gasteiger partial charge in [-0.2, -0.15) is 0 Å². The highest BCUT2D eigenvalue weighted by Gasteiger charge is 2.42. The third-order valence-electron chi connectivity index (χ3n) is 5.74. The number of carbonyl (C=O) groups is 2. The molecule has 0 spiro atoms. The lowest BCUT2D eigenvalue weighted by Gasteiger charge is -2.39. The molecule has 1 amide bonds. The Kier molecular flexibility index (Phi) is 5.50. The summed E-state index contributed by atoms with van der Waals surface area (Å²) in [6.45, 7) is 2.03. The number of amidine groups is 1. The number of nitrogens with zero attached hydrogens (tertiary/aromatic N) is 2. The molecule has 32 heavy (non-hydrogen) atoms. The van der Waals surface area contributed by atoms with Gasteiger partial charge in [-0.05, 0) is 12.5 Å². The fraction of sp³-hybridized carbons (Fsp3) is 0.148. The number of carbonyl (C=O) groups excluding carboxylic acids is 2. The van der Waals surface area contributed by atoms with Gasteiger partial charge in [0.05, 0.1) is 17.3 Å². The van der Waals surface area contributed by atoms with E-state index in [1.165, 1.54) is 0 Å². The first-order valence-corrected chi connectivity index (χ1v) is 11.6. The summed E-state index contributed by atoms with van der Waals surface area (Å²) in [6.07, 6.45) is 0.430. The Morgan fingerprint density at radius 2 is 1.59 bits per heavy atom. The Labute approximate surface area is 191 Å². The summed E-state index contributed by atoms with van der Waals surface area (Å²) in [4.78, 5) is 33.7. The van der Waals surface area contributed by atoms with Crippen molar-refractivity contribution in [2.45, 2.75) is 19.4 Å². The summed E-state index contributed by atoms with van der Waals surface area (Å²) in [5.74, 6) is 0.582. The standard InChI is InChI=1S/C27H22N2O2S/c1-18-12-14-20(15-13-18)25-23(26(31)21-10-6-3-7-11-21)24(19-8-4-2-5-9-19)28-27-29(25)22(30)16-17-32-27/h2-15,25H,16-17H2,1H3. The van der Waals surface area contributed by atoms with Crippen LogP contribution in [0.1, 0.15) is 39.5 Å². The highest BCUT2D eigenvalue weighted by molar-refractivity contribution is 8.14. The number of aliphatic imine (C=N–C) groups is 1. The number of hydrogen-bond acceptors (Lipinski definition) is 4. The van der Waals surface area contributed by atoms with Crippen LogP contribution in [0.2, 0.25) is 0 Å². The SMILES string of the molecule is Cc1ccc(C2C(C(=O)c3ccccc3)=C(c3ccccc3)N=C3SCCC(=O)N32)cc1. The van der Waals surface area contributed by atoms with Gasteiger partial charge in [0.2, 0.25) is 5.91 Å². The first-order valence-electron chi connectivity index (χ1n) is 10.6. The molecule has 2 aliphatic rings. The quantitative estimate of drug-likeness (QED) is 0.494. The van der Waals surface area contributed by atoms with Crippen LogP contribution in [0.5, 0.6) is 0 Å². The van der Waals surface area contributed by atoms with Crippen LogP contribution in [-0.4, -0.2) is 27.5 Å². The normalized spacial score (nSPS) is 18.3. The molecule has 5 rings (SSSR count). The number of rotatable bonds is 4. The molecule has 2 aliphatic heterocycles. The summed E-state index contributed by atoms with van der Waals surface area (Å²) < 4.78 is 0. The van der Waals surface area contributed by atoms with Crippen LogP contribution in [0, 0.1) is 6.92 Å². The van der Waals surface area contributed by atoms with Crippen LogP contribution in [-0.2, 0) is 4.79 Å². The number of amides is 1. The second-order valence-corrected chi connectivity index (χ2v) is 8.96. The first-order chi connectivity index (χ1) is 15.6. The third-order valence-corrected chi connectivity index (χ3v) is 6.69. The van der Waals surface area contributed by atoms with Crippen LogP contribution in [0.3, 0.4) is 0 Å². The Balaban J connectivity index is 1.79. The zero-order chi connectivity index (χ0) is 22.1. The maximum atomic E-state index is 13.9. The number of ketones is 1. The smallest absolute Gasteiger partial charge is 0.230 e. The van der Waals surface area contributed by atoms with Gasteiger partial charge in [0.25, 0.3) is 0 Å². The number of aryl methyl sites for hydroxylation is 1. The molecule has 3 aromatic carbocycles. The van der Waals surface area contributed by atoms with E-state index in [2.05, 4.69) is 0 Å². The Morgan fingerprint density at radius 1 is 0.938 bits per heavy atom. The summed E-state index contributed by atoms with van der Waals surface area (Å²) in [7, 11) is 0. The van der Waals surface area contributed by atoms with Gasteiger partial charge in [-0.25, -0.2) is 4.99 Å². The average Bonchev–Trinajstić information content (AvgIpc) is 2.84. The topological polar surface area (TPSA) is 49.7 Å². The number of fused-ring (bicyclic) bond motifs is 1. The van der Waals surface area contributed by atoms with Gasteiger partial charge >= 0.3 is 0 Å². The van der Waals surface area contributed by atoms with Crippen molar-refractivity contribution in [2.75, 3.05) is 5.75 Å². The van der Waals surface area contributed by atoms with Crippen molar-refractivity contribution in [1.82, 2.24) is 4.90 Å². The molecule has 0 aromatic heterocycles. The lowest BCUT2D eigenvalue weighted by molar-refractivity contribution is -0.128. The van der Waals surface area contributed by atoms with Crippen molar-refractivity contribution in [2.24, 2.45) is 4.99 Å². The molecule has 1 saturated heterocycles. The minimum Gasteiger partial charge on any atom is -0.289 e. The lowest BCUT2D eigenvalue weighted by Crippen LogP contribution is -2.45. The van der Waals surface area contributed by atoms with Crippen LogP contribution in [0.15, 0.2) is 95.5 Å². The van der Waals surface area contributed by atoms with Crippen molar-refractivity contribution in [3.63, 3.8) is 0 Å². The second kappa shape index (κ2) is 8.60. The molecular weight excluding hydrogens is 416 g/mol. The van der Waals surface area contributed by atoms with E-state index in [0.29, 0.717) is 34.2 Å². The molecule has 1 fully saturated rings. The predicted molar refractivity (Wildman–Crippen MR) is 129 cm³/mol. The minimum absolute atomic E-state index is 0.00134. The summed E-state index contributed by atoms with van der Waals surface area (Å²) in [5, 5.41) is 0.662. The van der Waals surface area contributed by atoms with Gasteiger partial charge in [0, 0.05) is 23.3 Å². The van der Waals surface area contributed by atoms with E-state index in [-0.39, 0.29) is 11.7 Å². The predicted octanol–water partition coefficient (Wildman–Crippen LogP) is 5.67. The van der Waals surface area contributed by atoms with E-state index in [4.69, 9.17) is 4.99 Å². The molecule has 0 bridgehead atoms. The Morgan fingerprint density at radius 3 is 2.28 bits per heavy atom. The minimum atomic E-state index is -0.522. The lowest BCUT2D eigenvalue weighted by atomic mass is 9.86. The highest BCUT2D eigenvalue weighted by Crippen LogP contribution is 2.44. The average molecular weight is 439 g/mol. The number of thioether (sulfide) groups is 1. The van der Waals surface area contributed by atoms with E-state index in [0.717, 1.165) is 16.7 Å². The maximum Gasteiger partial charge on any atom is 0.230 e. The Hall–Kier alpha value is -3.44. The maximum absolute atomic E-state index is 13.9. The van der Waals surface area contributed by atoms with E-state index in [9.17, 15) is 9.59 Å². The molecule has 1 atom stereocenters. The van der Waals surface area contributed by atoms with E-state index < -0.39 is 6.04 Å². The molecule has 1 unspecified atom stereocenters. The van der Waals surface area contributed by atoms with Gasteiger partial charge in [-0.15, -0.1) is 0 Å². The molecule has 0 saturated carbocycles. The second-order valence-electron chi connectivity index (χ2n) is 7.89. The number of Topliss-reactive ketones (excluding diaryl/α,β-unsaturated/α-hetero) is 1. The largest absolute Gasteiger partial charge is 0.289 e. The van der Waals surface area contributed by atoms with Crippen molar-refractivity contribution in [3.05, 3.63) is 113 Å². The first kappa shape index (κ1) is 20.5. The molecule has 0 radical (unpaired) electrons. The van der Waals surface area contributed by atoms with Crippen molar-refractivity contribution in [3.8, 4) is 0 Å². The highest BCUT2D eigenvalue weighted by atomic mass is 32.2. The Bertz CT molecular complexity index is 1230. The zero-order valence-electron chi connectivity index (χ0n) is 17.7. The van der Waals surface area contributed by atoms with Gasteiger partial charge in [0.15, 0.2) is 11.0 Å². The van der Waals surface area contributed by atoms with Gasteiger partial charge in [-0.1, -0.05) is 102 Å². The summed E-state index contributed by atoms with van der Waals surface area (Å²) in [6, 6.07) is 26.6. The van der Waals surface area contributed by atoms with Gasteiger partial charge < -0.3 is 0 Å². The molecule has 0 N–H and O–H groups in total. The molecule has 3 aromatic rings. The van der Waals surface area contributed by atoms with E-state index in [1.54, 1.807) is 16.7 Å². The molecular formula is C27H22N2O2S. The molecule has 158 valence electrons. The molecule has 0 aliphatic carbocycles. The van der Waals surface area contributed by atoms with Crippen molar-refractivity contribution < 1.29 is 9.59 Å². The summed E-state index contributed by atoms with van der Waals surface area (Å²) in [5.41, 5.74) is 4.66. The number of benzene rings is 3. The molecule has 5 heteroatoms. The van der Waals surface area contributed by atoms with Crippen LogP contribution in [0.25, 0.3) is 5.70 Å². The van der Waals surface area contributed by atoms with Crippen molar-refractivity contribution in [1.29, 1.82) is 0 Å². The zero-order valence-corrected chi connectivity index (χ0v) is 18.5. The van der Waals surface area contributed by atoms with E-state index >= 15 is 0 Å². The fourth-order valence-electron chi connectivity index (χ4n) is 4.14. The van der Waals surface area contributed by atoms with E-state index in [1.807, 2.05) is 91.9 Å². The molecule has 2 heterocycles. The van der Waals surface area contributed by atoms with Crippen LogP contribution >= 0.6 is 11.8 Å². The van der Waals surface area contributed by atoms with Crippen molar-refractivity contribution >= 4 is 34.3 Å². The fourth-order valence-corrected chi connectivity index (χ4v) is 5.10.